The molecule has 0 amide bonds. The molecule has 0 aliphatic carbocycles. The van der Waals surface area contributed by atoms with Gasteiger partial charge in [0.1, 0.15) is 5.82 Å². The molecule has 0 aliphatic rings. The van der Waals surface area contributed by atoms with Crippen LogP contribution in [0.4, 0.5) is 4.39 Å². The minimum absolute atomic E-state index is 0.124. The van der Waals surface area contributed by atoms with E-state index in [2.05, 4.69) is 15.5 Å². The number of hydrogen-bond donors (Lipinski definition) is 0. The number of halogens is 1. The lowest BCUT2D eigenvalue weighted by molar-refractivity contribution is 0.0454. The predicted octanol–water partition coefficient (Wildman–Crippen LogP) is 2.16. The van der Waals surface area contributed by atoms with E-state index in [4.69, 9.17) is 4.74 Å². The Balaban J connectivity index is 1.75. The SMILES string of the molecule is O=C(OCc1nnnn1-c1ccccc1)c1ccccc1F. The van der Waals surface area contributed by atoms with Crippen LogP contribution in [0.1, 0.15) is 16.2 Å². The van der Waals surface area contributed by atoms with Gasteiger partial charge in [-0.2, -0.15) is 4.68 Å². The van der Waals surface area contributed by atoms with Gasteiger partial charge in [0.05, 0.1) is 11.3 Å². The second-order valence-corrected chi connectivity index (χ2v) is 4.40. The molecule has 3 rings (SSSR count). The summed E-state index contributed by atoms with van der Waals surface area (Å²) in [6.07, 6.45) is 0. The number of ether oxygens (including phenoxy) is 1. The molecule has 0 fully saturated rings. The Kier molecular flexibility index (Phi) is 3.86. The summed E-state index contributed by atoms with van der Waals surface area (Å²) in [5, 5.41) is 11.2. The standard InChI is InChI=1S/C15H11FN4O2/c16-13-9-5-4-8-12(13)15(21)22-10-14-17-18-19-20(14)11-6-2-1-3-7-11/h1-9H,10H2. The number of carbonyl (C=O) groups is 1. The highest BCUT2D eigenvalue weighted by Gasteiger charge is 2.15. The van der Waals surface area contributed by atoms with Crippen molar-refractivity contribution < 1.29 is 13.9 Å². The number of hydrogen-bond acceptors (Lipinski definition) is 5. The molecule has 7 heteroatoms. The van der Waals surface area contributed by atoms with Gasteiger partial charge in [-0.15, -0.1) is 5.10 Å². The Morgan fingerprint density at radius 1 is 1.09 bits per heavy atom. The minimum Gasteiger partial charge on any atom is -0.454 e. The molecule has 6 nitrogen and oxygen atoms in total. The summed E-state index contributed by atoms with van der Waals surface area (Å²) < 4.78 is 20.0. The van der Waals surface area contributed by atoms with E-state index in [1.54, 1.807) is 6.07 Å². The van der Waals surface area contributed by atoms with Gasteiger partial charge >= 0.3 is 5.97 Å². The quantitative estimate of drug-likeness (QED) is 0.690. The van der Waals surface area contributed by atoms with Crippen LogP contribution in [0.15, 0.2) is 54.6 Å². The molecule has 0 spiro atoms. The van der Waals surface area contributed by atoms with Crippen LogP contribution in [-0.2, 0) is 11.3 Å². The fourth-order valence-corrected chi connectivity index (χ4v) is 1.90. The van der Waals surface area contributed by atoms with E-state index >= 15 is 0 Å². The summed E-state index contributed by atoms with van der Waals surface area (Å²) in [4.78, 5) is 11.9. The highest BCUT2D eigenvalue weighted by atomic mass is 19.1. The van der Waals surface area contributed by atoms with Crippen molar-refractivity contribution in [2.75, 3.05) is 0 Å². The van der Waals surface area contributed by atoms with E-state index in [-0.39, 0.29) is 12.2 Å². The van der Waals surface area contributed by atoms with Gasteiger partial charge in [-0.05, 0) is 34.7 Å². The van der Waals surface area contributed by atoms with Crippen LogP contribution in [0.25, 0.3) is 5.69 Å². The van der Waals surface area contributed by atoms with E-state index < -0.39 is 11.8 Å². The van der Waals surface area contributed by atoms with Crippen LogP contribution in [0, 0.1) is 5.82 Å². The molecule has 0 atom stereocenters. The second-order valence-electron chi connectivity index (χ2n) is 4.40. The first-order chi connectivity index (χ1) is 10.8. The highest BCUT2D eigenvalue weighted by Crippen LogP contribution is 2.11. The zero-order chi connectivity index (χ0) is 15.4. The van der Waals surface area contributed by atoms with E-state index in [0.717, 1.165) is 5.69 Å². The van der Waals surface area contributed by atoms with E-state index in [1.807, 2.05) is 30.3 Å². The fraction of sp³-hybridized carbons (Fsp3) is 0.0667. The largest absolute Gasteiger partial charge is 0.454 e. The first kappa shape index (κ1) is 13.9. The highest BCUT2D eigenvalue weighted by molar-refractivity contribution is 5.89. The van der Waals surface area contributed by atoms with Crippen LogP contribution in [0.5, 0.6) is 0 Å². The summed E-state index contributed by atoms with van der Waals surface area (Å²) in [5.41, 5.74) is 0.616. The van der Waals surface area contributed by atoms with E-state index in [0.29, 0.717) is 5.82 Å². The molecular weight excluding hydrogens is 287 g/mol. The number of carbonyl (C=O) groups excluding carboxylic acids is 1. The molecular formula is C15H11FN4O2. The lowest BCUT2D eigenvalue weighted by Crippen LogP contribution is -2.11. The first-order valence-corrected chi connectivity index (χ1v) is 6.50. The minimum atomic E-state index is -0.763. The topological polar surface area (TPSA) is 69.9 Å². The molecule has 110 valence electrons. The van der Waals surface area contributed by atoms with Crippen molar-refractivity contribution in [2.24, 2.45) is 0 Å². The van der Waals surface area contributed by atoms with Crippen molar-refractivity contribution >= 4 is 5.97 Å². The van der Waals surface area contributed by atoms with Gasteiger partial charge in [0.25, 0.3) is 0 Å². The Bertz CT molecular complexity index is 789. The third-order valence-electron chi connectivity index (χ3n) is 2.96. The van der Waals surface area contributed by atoms with Crippen LogP contribution in [0.3, 0.4) is 0 Å². The molecule has 1 aromatic heterocycles. The molecule has 0 radical (unpaired) electrons. The third kappa shape index (κ3) is 2.83. The monoisotopic (exact) mass is 298 g/mol. The maximum atomic E-state index is 13.5. The summed E-state index contributed by atoms with van der Waals surface area (Å²) in [6.45, 7) is -0.158. The van der Waals surface area contributed by atoms with Gasteiger partial charge in [-0.1, -0.05) is 30.3 Å². The second kappa shape index (κ2) is 6.13. The Morgan fingerprint density at radius 3 is 2.59 bits per heavy atom. The zero-order valence-corrected chi connectivity index (χ0v) is 11.4. The lowest BCUT2D eigenvalue weighted by Gasteiger charge is -2.06. The number of rotatable bonds is 4. The van der Waals surface area contributed by atoms with Gasteiger partial charge in [0.2, 0.25) is 0 Å². The third-order valence-corrected chi connectivity index (χ3v) is 2.96. The molecule has 0 saturated carbocycles. The van der Waals surface area contributed by atoms with Crippen LogP contribution >= 0.6 is 0 Å². The van der Waals surface area contributed by atoms with Gasteiger partial charge in [-0.3, -0.25) is 0 Å². The fourth-order valence-electron chi connectivity index (χ4n) is 1.90. The Hall–Kier alpha value is -3.09. The smallest absolute Gasteiger partial charge is 0.341 e. The van der Waals surface area contributed by atoms with Gasteiger partial charge in [-0.25, -0.2) is 9.18 Å². The molecule has 0 N–H and O–H groups in total. The van der Waals surface area contributed by atoms with Crippen molar-refractivity contribution in [2.45, 2.75) is 6.61 Å². The number of benzene rings is 2. The summed E-state index contributed by atoms with van der Waals surface area (Å²) in [5.74, 6) is -1.05. The number of esters is 1. The number of para-hydroxylation sites is 1. The van der Waals surface area contributed by atoms with E-state index in [9.17, 15) is 9.18 Å². The van der Waals surface area contributed by atoms with Crippen molar-refractivity contribution in [3.8, 4) is 5.69 Å². The molecule has 2 aromatic carbocycles. The lowest BCUT2D eigenvalue weighted by atomic mass is 10.2. The zero-order valence-electron chi connectivity index (χ0n) is 11.4. The van der Waals surface area contributed by atoms with Gasteiger partial charge in [0, 0.05) is 0 Å². The molecule has 1 heterocycles. The van der Waals surface area contributed by atoms with Crippen molar-refractivity contribution in [1.82, 2.24) is 20.2 Å². The molecule has 0 unspecified atom stereocenters. The average Bonchev–Trinajstić information content (AvgIpc) is 3.02. The van der Waals surface area contributed by atoms with Crippen LogP contribution < -0.4 is 0 Å². The average molecular weight is 298 g/mol. The normalized spacial score (nSPS) is 10.4. The summed E-state index contributed by atoms with van der Waals surface area (Å²) >= 11 is 0. The van der Waals surface area contributed by atoms with Gasteiger partial charge < -0.3 is 4.74 Å². The van der Waals surface area contributed by atoms with E-state index in [1.165, 1.54) is 22.9 Å². The number of nitrogens with zero attached hydrogens (tertiary/aromatic N) is 4. The molecule has 0 bridgehead atoms. The Morgan fingerprint density at radius 2 is 1.82 bits per heavy atom. The number of aromatic nitrogens is 4. The molecule has 3 aromatic rings. The maximum absolute atomic E-state index is 13.5. The van der Waals surface area contributed by atoms with Crippen LogP contribution in [-0.4, -0.2) is 26.2 Å². The molecule has 0 aliphatic heterocycles. The Labute approximate surface area is 125 Å². The van der Waals surface area contributed by atoms with Crippen LogP contribution in [0.2, 0.25) is 0 Å². The molecule has 0 saturated heterocycles. The predicted molar refractivity (Wildman–Crippen MR) is 74.7 cm³/mol. The molecule has 22 heavy (non-hydrogen) atoms. The summed E-state index contributed by atoms with van der Waals surface area (Å²) in [7, 11) is 0. The maximum Gasteiger partial charge on any atom is 0.341 e. The van der Waals surface area contributed by atoms with Crippen molar-refractivity contribution in [3.63, 3.8) is 0 Å². The number of tetrazole rings is 1. The van der Waals surface area contributed by atoms with Crippen molar-refractivity contribution in [1.29, 1.82) is 0 Å². The van der Waals surface area contributed by atoms with Gasteiger partial charge in [0.15, 0.2) is 12.4 Å². The first-order valence-electron chi connectivity index (χ1n) is 6.50. The summed E-state index contributed by atoms with van der Waals surface area (Å²) in [6, 6.07) is 14.8. The van der Waals surface area contributed by atoms with Crippen molar-refractivity contribution in [3.05, 3.63) is 71.8 Å².